The Morgan fingerprint density at radius 3 is 2.85 bits per heavy atom. The van der Waals surface area contributed by atoms with E-state index in [9.17, 15) is 4.39 Å². The van der Waals surface area contributed by atoms with Gasteiger partial charge >= 0.3 is 0 Å². The van der Waals surface area contributed by atoms with Crippen molar-refractivity contribution in [2.45, 2.75) is 6.92 Å². The molecule has 2 rings (SSSR count). The van der Waals surface area contributed by atoms with E-state index in [2.05, 4.69) is 10.1 Å². The Labute approximate surface area is 74.8 Å². The topological polar surface area (TPSA) is 30.7 Å². The van der Waals surface area contributed by atoms with Gasteiger partial charge in [0.1, 0.15) is 0 Å². The van der Waals surface area contributed by atoms with Gasteiger partial charge in [0, 0.05) is 12.4 Å². The summed E-state index contributed by atoms with van der Waals surface area (Å²) in [5, 5.41) is 4.06. The van der Waals surface area contributed by atoms with Gasteiger partial charge in [-0.15, -0.1) is 0 Å². The second kappa shape index (κ2) is 2.97. The number of hydrogen-bond donors (Lipinski definition) is 0. The van der Waals surface area contributed by atoms with Crippen molar-refractivity contribution in [2.24, 2.45) is 0 Å². The first-order valence-corrected chi connectivity index (χ1v) is 3.90. The first-order chi connectivity index (χ1) is 6.27. The first-order valence-electron chi connectivity index (χ1n) is 3.90. The van der Waals surface area contributed by atoms with E-state index in [-0.39, 0.29) is 11.6 Å². The molecule has 0 aliphatic rings. The highest BCUT2D eigenvalue weighted by molar-refractivity contribution is 5.23. The van der Waals surface area contributed by atoms with E-state index in [4.69, 9.17) is 0 Å². The van der Waals surface area contributed by atoms with Crippen LogP contribution >= 0.6 is 0 Å². The van der Waals surface area contributed by atoms with Crippen LogP contribution < -0.4 is 0 Å². The van der Waals surface area contributed by atoms with E-state index >= 15 is 0 Å². The van der Waals surface area contributed by atoms with Gasteiger partial charge in [-0.05, 0) is 25.1 Å². The molecule has 0 unspecified atom stereocenters. The predicted molar refractivity (Wildman–Crippen MR) is 46.1 cm³/mol. The summed E-state index contributed by atoms with van der Waals surface area (Å²) < 4.78 is 14.6. The Kier molecular flexibility index (Phi) is 1.81. The zero-order valence-electron chi connectivity index (χ0n) is 7.11. The second-order valence-corrected chi connectivity index (χ2v) is 2.71. The van der Waals surface area contributed by atoms with Crippen molar-refractivity contribution in [3.05, 3.63) is 42.1 Å². The number of nitrogens with zero attached hydrogens (tertiary/aromatic N) is 3. The van der Waals surface area contributed by atoms with Gasteiger partial charge in [-0.2, -0.15) is 5.10 Å². The molecule has 0 saturated carbocycles. The molecular formula is C9H8FN3. The second-order valence-electron chi connectivity index (χ2n) is 2.71. The maximum absolute atomic E-state index is 13.2. The summed E-state index contributed by atoms with van der Waals surface area (Å²) in [4.78, 5) is 3.89. The van der Waals surface area contributed by atoms with Crippen molar-refractivity contribution < 1.29 is 4.39 Å². The fourth-order valence-electron chi connectivity index (χ4n) is 1.08. The van der Waals surface area contributed by atoms with Crippen molar-refractivity contribution in [3.8, 4) is 5.82 Å². The summed E-state index contributed by atoms with van der Waals surface area (Å²) in [5.41, 5.74) is 0.838. The summed E-state index contributed by atoms with van der Waals surface area (Å²) in [5.74, 6) is -0.138. The van der Waals surface area contributed by atoms with Gasteiger partial charge in [0.15, 0.2) is 11.6 Å². The zero-order valence-corrected chi connectivity index (χ0v) is 7.11. The lowest BCUT2D eigenvalue weighted by molar-refractivity contribution is 0.600. The molecule has 0 fully saturated rings. The van der Waals surface area contributed by atoms with Gasteiger partial charge < -0.3 is 0 Å². The SMILES string of the molecule is Cc1ccn(-c2ncccc2F)n1. The summed E-state index contributed by atoms with van der Waals surface area (Å²) in [7, 11) is 0. The monoisotopic (exact) mass is 177 g/mol. The average molecular weight is 177 g/mol. The largest absolute Gasteiger partial charge is 0.235 e. The first kappa shape index (κ1) is 7.91. The molecule has 2 heterocycles. The van der Waals surface area contributed by atoms with Crippen molar-refractivity contribution in [1.82, 2.24) is 14.8 Å². The zero-order chi connectivity index (χ0) is 9.26. The fourth-order valence-corrected chi connectivity index (χ4v) is 1.08. The molecule has 0 N–H and O–H groups in total. The molecule has 0 bridgehead atoms. The number of hydrogen-bond acceptors (Lipinski definition) is 2. The Morgan fingerprint density at radius 1 is 1.38 bits per heavy atom. The van der Waals surface area contributed by atoms with Crippen LogP contribution in [0.5, 0.6) is 0 Å². The average Bonchev–Trinajstić information content (AvgIpc) is 2.53. The molecule has 0 atom stereocenters. The Bertz CT molecular complexity index is 422. The van der Waals surface area contributed by atoms with Crippen LogP contribution in [0.25, 0.3) is 5.82 Å². The van der Waals surface area contributed by atoms with Crippen LogP contribution in [0.1, 0.15) is 5.69 Å². The van der Waals surface area contributed by atoms with E-state index in [1.807, 2.05) is 6.92 Å². The normalized spacial score (nSPS) is 10.3. The smallest absolute Gasteiger partial charge is 0.189 e. The fraction of sp³-hybridized carbons (Fsp3) is 0.111. The third kappa shape index (κ3) is 1.42. The van der Waals surface area contributed by atoms with E-state index in [1.54, 1.807) is 18.3 Å². The number of pyridine rings is 1. The molecule has 2 aromatic rings. The Hall–Kier alpha value is -1.71. The van der Waals surface area contributed by atoms with E-state index in [0.717, 1.165) is 5.69 Å². The molecule has 0 aromatic carbocycles. The molecule has 4 heteroatoms. The van der Waals surface area contributed by atoms with Gasteiger partial charge in [0.05, 0.1) is 5.69 Å². The third-order valence-corrected chi connectivity index (χ3v) is 1.68. The lowest BCUT2D eigenvalue weighted by atomic mass is 10.4. The standard InChI is InChI=1S/C9H8FN3/c1-7-4-6-13(12-7)9-8(10)3-2-5-11-9/h2-6H,1H3. The summed E-state index contributed by atoms with van der Waals surface area (Å²) >= 11 is 0. The summed E-state index contributed by atoms with van der Waals surface area (Å²) in [6.07, 6.45) is 3.22. The minimum Gasteiger partial charge on any atom is -0.235 e. The molecule has 0 saturated heterocycles. The molecule has 3 nitrogen and oxygen atoms in total. The van der Waals surface area contributed by atoms with Crippen LogP contribution in [0.3, 0.4) is 0 Å². The molecule has 0 amide bonds. The highest BCUT2D eigenvalue weighted by Crippen LogP contribution is 2.08. The number of aryl methyl sites for hydroxylation is 1. The molecule has 2 aromatic heterocycles. The van der Waals surface area contributed by atoms with Crippen LogP contribution in [0.15, 0.2) is 30.6 Å². The summed E-state index contributed by atoms with van der Waals surface area (Å²) in [6, 6.07) is 4.71. The molecule has 0 aliphatic heterocycles. The van der Waals surface area contributed by atoms with E-state index in [1.165, 1.54) is 16.9 Å². The quantitative estimate of drug-likeness (QED) is 0.664. The lowest BCUT2D eigenvalue weighted by Crippen LogP contribution is -2.01. The highest BCUT2D eigenvalue weighted by atomic mass is 19.1. The van der Waals surface area contributed by atoms with Crippen molar-refractivity contribution in [1.29, 1.82) is 0 Å². The summed E-state index contributed by atoms with van der Waals surface area (Å²) in [6.45, 7) is 1.84. The van der Waals surface area contributed by atoms with Gasteiger partial charge in [-0.3, -0.25) is 0 Å². The van der Waals surface area contributed by atoms with Crippen LogP contribution in [-0.2, 0) is 0 Å². The number of aromatic nitrogens is 3. The van der Waals surface area contributed by atoms with Crippen molar-refractivity contribution >= 4 is 0 Å². The predicted octanol–water partition coefficient (Wildman–Crippen LogP) is 1.71. The van der Waals surface area contributed by atoms with Crippen molar-refractivity contribution in [2.75, 3.05) is 0 Å². The minimum absolute atomic E-state index is 0.232. The van der Waals surface area contributed by atoms with Crippen LogP contribution in [0.2, 0.25) is 0 Å². The van der Waals surface area contributed by atoms with E-state index in [0.29, 0.717) is 0 Å². The van der Waals surface area contributed by atoms with Gasteiger partial charge in [0.2, 0.25) is 0 Å². The Morgan fingerprint density at radius 2 is 2.23 bits per heavy atom. The van der Waals surface area contributed by atoms with Gasteiger partial charge in [0.25, 0.3) is 0 Å². The van der Waals surface area contributed by atoms with Crippen LogP contribution in [0, 0.1) is 12.7 Å². The van der Waals surface area contributed by atoms with Gasteiger partial charge in [-0.1, -0.05) is 0 Å². The molecule has 0 spiro atoms. The maximum atomic E-state index is 13.2. The van der Waals surface area contributed by atoms with Crippen molar-refractivity contribution in [3.63, 3.8) is 0 Å². The van der Waals surface area contributed by atoms with E-state index < -0.39 is 0 Å². The van der Waals surface area contributed by atoms with Crippen LogP contribution in [-0.4, -0.2) is 14.8 Å². The van der Waals surface area contributed by atoms with Gasteiger partial charge in [-0.25, -0.2) is 14.1 Å². The van der Waals surface area contributed by atoms with Crippen LogP contribution in [0.4, 0.5) is 4.39 Å². The number of rotatable bonds is 1. The molecule has 13 heavy (non-hydrogen) atoms. The third-order valence-electron chi connectivity index (χ3n) is 1.68. The highest BCUT2D eigenvalue weighted by Gasteiger charge is 2.04. The minimum atomic E-state index is -0.370. The number of halogens is 1. The molecule has 66 valence electrons. The molecule has 0 aliphatic carbocycles. The Balaban J connectivity index is 2.52. The molecular weight excluding hydrogens is 169 g/mol. The molecule has 0 radical (unpaired) electrons. The lowest BCUT2D eigenvalue weighted by Gasteiger charge is -1.99. The maximum Gasteiger partial charge on any atom is 0.189 e.